The molecule has 11 heteroatoms. The molecule has 0 aromatic heterocycles. The standard InChI is InChI=1S/C26H28BrN3O6S/c1-4-35-23(31)16-36-24-20(27)13-17(14-21(24)33-3)15-22-25(32)29(2)26(37-22)28-18-5-7-19(8-6-18)30-9-11-34-12-10-30/h5-8,13-15H,4,9-12,16H2,1-3H3/b22-15-,28-26?. The topological polar surface area (TPSA) is 89.9 Å². The third-order valence-corrected chi connectivity index (χ3v) is 7.29. The van der Waals surface area contributed by atoms with Crippen LogP contribution in [0.3, 0.4) is 0 Å². The number of carbonyl (C=O) groups is 2. The monoisotopic (exact) mass is 589 g/mol. The summed E-state index contributed by atoms with van der Waals surface area (Å²) in [6, 6.07) is 11.5. The summed E-state index contributed by atoms with van der Waals surface area (Å²) in [7, 11) is 3.22. The highest BCUT2D eigenvalue weighted by Crippen LogP contribution is 2.39. The number of aliphatic imine (C=N–C) groups is 1. The Kier molecular flexibility index (Phi) is 9.12. The van der Waals surface area contributed by atoms with Crippen LogP contribution in [0.25, 0.3) is 6.08 Å². The molecule has 0 spiro atoms. The molecule has 0 saturated carbocycles. The number of thioether (sulfide) groups is 1. The van der Waals surface area contributed by atoms with Crippen molar-refractivity contribution in [2.75, 3.05) is 58.6 Å². The van der Waals surface area contributed by atoms with Crippen molar-refractivity contribution in [2.45, 2.75) is 6.92 Å². The number of nitrogens with zero attached hydrogens (tertiary/aromatic N) is 3. The van der Waals surface area contributed by atoms with E-state index in [0.29, 0.717) is 26.0 Å². The molecule has 1 amide bonds. The van der Waals surface area contributed by atoms with Gasteiger partial charge in [0.25, 0.3) is 5.91 Å². The average Bonchev–Trinajstić information content (AvgIpc) is 3.16. The van der Waals surface area contributed by atoms with Gasteiger partial charge in [0.05, 0.1) is 42.0 Å². The Hall–Kier alpha value is -3.02. The van der Waals surface area contributed by atoms with E-state index in [1.54, 1.807) is 32.2 Å². The second-order valence-corrected chi connectivity index (χ2v) is 9.98. The van der Waals surface area contributed by atoms with E-state index in [9.17, 15) is 9.59 Å². The molecule has 2 saturated heterocycles. The molecule has 0 unspecified atom stereocenters. The van der Waals surface area contributed by atoms with Crippen molar-refractivity contribution in [1.29, 1.82) is 0 Å². The number of methoxy groups -OCH3 is 1. The zero-order chi connectivity index (χ0) is 26.4. The number of amides is 1. The Bertz CT molecular complexity index is 1210. The van der Waals surface area contributed by atoms with Crippen molar-refractivity contribution in [3.8, 4) is 11.5 Å². The molecule has 2 aromatic carbocycles. The van der Waals surface area contributed by atoms with Gasteiger partial charge in [0.15, 0.2) is 23.3 Å². The number of esters is 1. The Labute approximate surface area is 228 Å². The number of benzene rings is 2. The van der Waals surface area contributed by atoms with Gasteiger partial charge in [0.1, 0.15) is 0 Å². The van der Waals surface area contributed by atoms with E-state index in [-0.39, 0.29) is 19.1 Å². The number of halogens is 1. The van der Waals surface area contributed by atoms with E-state index in [1.807, 2.05) is 24.3 Å². The summed E-state index contributed by atoms with van der Waals surface area (Å²) in [4.78, 5) is 33.6. The van der Waals surface area contributed by atoms with Gasteiger partial charge < -0.3 is 23.8 Å². The largest absolute Gasteiger partial charge is 0.493 e. The van der Waals surface area contributed by atoms with Gasteiger partial charge in [0, 0.05) is 25.8 Å². The smallest absolute Gasteiger partial charge is 0.344 e. The molecule has 0 N–H and O–H groups in total. The molecular weight excluding hydrogens is 562 g/mol. The van der Waals surface area contributed by atoms with Gasteiger partial charge in [-0.05, 0) is 82.7 Å². The van der Waals surface area contributed by atoms with Crippen molar-refractivity contribution in [2.24, 2.45) is 4.99 Å². The number of anilines is 1. The first-order valence-electron chi connectivity index (χ1n) is 11.7. The van der Waals surface area contributed by atoms with Gasteiger partial charge in [-0.1, -0.05) is 0 Å². The molecule has 2 aliphatic heterocycles. The highest BCUT2D eigenvalue weighted by molar-refractivity contribution is 9.10. The summed E-state index contributed by atoms with van der Waals surface area (Å²) < 4.78 is 22.0. The molecule has 196 valence electrons. The predicted molar refractivity (Wildman–Crippen MR) is 148 cm³/mol. The lowest BCUT2D eigenvalue weighted by Gasteiger charge is -2.28. The summed E-state index contributed by atoms with van der Waals surface area (Å²) in [5, 5.41) is 0.593. The summed E-state index contributed by atoms with van der Waals surface area (Å²) >= 11 is 4.78. The van der Waals surface area contributed by atoms with Crippen molar-refractivity contribution in [3.05, 3.63) is 51.3 Å². The molecule has 0 radical (unpaired) electrons. The van der Waals surface area contributed by atoms with Crippen LogP contribution < -0.4 is 14.4 Å². The van der Waals surface area contributed by atoms with E-state index >= 15 is 0 Å². The van der Waals surface area contributed by atoms with Crippen LogP contribution >= 0.6 is 27.7 Å². The van der Waals surface area contributed by atoms with E-state index in [4.69, 9.17) is 23.9 Å². The second kappa shape index (κ2) is 12.5. The summed E-state index contributed by atoms with van der Waals surface area (Å²) in [6.07, 6.45) is 1.77. The second-order valence-electron chi connectivity index (χ2n) is 8.11. The van der Waals surface area contributed by atoms with Crippen LogP contribution in [0.1, 0.15) is 12.5 Å². The molecule has 0 aliphatic carbocycles. The summed E-state index contributed by atoms with van der Waals surface area (Å²) in [6.45, 7) is 4.97. The van der Waals surface area contributed by atoms with Gasteiger partial charge >= 0.3 is 5.97 Å². The molecule has 37 heavy (non-hydrogen) atoms. The van der Waals surface area contributed by atoms with Crippen LogP contribution in [0, 0.1) is 0 Å². The van der Waals surface area contributed by atoms with Gasteiger partial charge in [0.2, 0.25) is 0 Å². The molecule has 9 nitrogen and oxygen atoms in total. The fourth-order valence-electron chi connectivity index (χ4n) is 3.77. The lowest BCUT2D eigenvalue weighted by Crippen LogP contribution is -2.36. The van der Waals surface area contributed by atoms with Crippen molar-refractivity contribution >= 4 is 62.2 Å². The summed E-state index contributed by atoms with van der Waals surface area (Å²) in [5.41, 5.74) is 2.63. The first-order valence-corrected chi connectivity index (χ1v) is 13.4. The number of hydrogen-bond acceptors (Lipinski definition) is 9. The number of ether oxygens (including phenoxy) is 4. The SMILES string of the molecule is CCOC(=O)COc1c(Br)cc(/C=C2\SC(=Nc3ccc(N4CCOCC4)cc3)N(C)C2=O)cc1OC. The van der Waals surface area contributed by atoms with E-state index in [0.717, 1.165) is 43.2 Å². The first kappa shape index (κ1) is 27.0. The van der Waals surface area contributed by atoms with Crippen LogP contribution in [-0.4, -0.2) is 75.6 Å². The van der Waals surface area contributed by atoms with E-state index < -0.39 is 5.97 Å². The minimum Gasteiger partial charge on any atom is -0.493 e. The predicted octanol–water partition coefficient (Wildman–Crippen LogP) is 4.47. The van der Waals surface area contributed by atoms with Crippen molar-refractivity contribution in [1.82, 2.24) is 4.90 Å². The Morgan fingerprint density at radius 3 is 2.62 bits per heavy atom. The maximum absolute atomic E-state index is 12.9. The molecule has 4 rings (SSSR count). The van der Waals surface area contributed by atoms with E-state index in [1.165, 1.54) is 23.8 Å². The zero-order valence-corrected chi connectivity index (χ0v) is 23.3. The Morgan fingerprint density at radius 2 is 1.95 bits per heavy atom. The number of carbonyl (C=O) groups excluding carboxylic acids is 2. The van der Waals surface area contributed by atoms with Gasteiger partial charge in [-0.15, -0.1) is 0 Å². The van der Waals surface area contributed by atoms with Crippen LogP contribution in [0.2, 0.25) is 0 Å². The fourth-order valence-corrected chi connectivity index (χ4v) is 5.33. The summed E-state index contributed by atoms with van der Waals surface area (Å²) in [5.74, 6) is 0.180. The molecule has 2 aliphatic rings. The van der Waals surface area contributed by atoms with Crippen LogP contribution in [0.15, 0.2) is 50.8 Å². The molecule has 2 fully saturated rings. The lowest BCUT2D eigenvalue weighted by atomic mass is 10.2. The van der Waals surface area contributed by atoms with Gasteiger partial charge in [-0.3, -0.25) is 9.69 Å². The highest BCUT2D eigenvalue weighted by atomic mass is 79.9. The highest BCUT2D eigenvalue weighted by Gasteiger charge is 2.30. The van der Waals surface area contributed by atoms with Gasteiger partial charge in [-0.2, -0.15) is 0 Å². The first-order chi connectivity index (χ1) is 17.9. The van der Waals surface area contributed by atoms with Crippen LogP contribution in [-0.2, 0) is 19.1 Å². The molecule has 0 bridgehead atoms. The molecule has 2 aromatic rings. The molecular formula is C26H28BrN3O6S. The average molecular weight is 590 g/mol. The maximum Gasteiger partial charge on any atom is 0.344 e. The third kappa shape index (κ3) is 6.65. The normalized spacial score (nSPS) is 18.0. The third-order valence-electron chi connectivity index (χ3n) is 5.64. The van der Waals surface area contributed by atoms with Gasteiger partial charge in [-0.25, -0.2) is 9.79 Å². The number of amidine groups is 1. The number of likely N-dealkylation sites (N-methyl/N-ethyl adjacent to an activating group) is 1. The van der Waals surface area contributed by atoms with E-state index in [2.05, 4.69) is 20.8 Å². The minimum atomic E-state index is -0.471. The van der Waals surface area contributed by atoms with Crippen molar-refractivity contribution < 1.29 is 28.5 Å². The van der Waals surface area contributed by atoms with Crippen LogP contribution in [0.5, 0.6) is 11.5 Å². The van der Waals surface area contributed by atoms with Crippen LogP contribution in [0.4, 0.5) is 11.4 Å². The maximum atomic E-state index is 12.9. The molecule has 2 heterocycles. The lowest BCUT2D eigenvalue weighted by molar-refractivity contribution is -0.145. The fraction of sp³-hybridized carbons (Fsp3) is 0.346. The Balaban J connectivity index is 1.50. The number of rotatable bonds is 8. The quantitative estimate of drug-likeness (QED) is 0.329. The zero-order valence-electron chi connectivity index (χ0n) is 20.9. The van der Waals surface area contributed by atoms with Crippen molar-refractivity contribution in [3.63, 3.8) is 0 Å². The minimum absolute atomic E-state index is 0.147. The number of morpholine rings is 1. The number of hydrogen-bond donors (Lipinski definition) is 0. The Morgan fingerprint density at radius 1 is 1.22 bits per heavy atom. The molecule has 0 atom stereocenters.